The molecule has 2 aromatic heterocycles. The molecular formula is C18H21N3O2. The number of likely N-dealkylation sites (tertiary alicyclic amines) is 1. The van der Waals surface area contributed by atoms with E-state index in [1.807, 2.05) is 51.1 Å². The molecule has 1 amide bonds. The van der Waals surface area contributed by atoms with Gasteiger partial charge in [-0.3, -0.25) is 0 Å². The number of carbonyl (C=O) groups excluding carboxylic acids is 1. The minimum absolute atomic E-state index is 0.241. The summed E-state index contributed by atoms with van der Waals surface area (Å²) in [4.78, 5) is 22.3. The Bertz CT molecular complexity index is 743. The molecule has 0 aliphatic carbocycles. The van der Waals surface area contributed by atoms with Crippen molar-refractivity contribution in [2.24, 2.45) is 5.92 Å². The molecule has 5 nitrogen and oxygen atoms in total. The molecule has 0 atom stereocenters. The van der Waals surface area contributed by atoms with Gasteiger partial charge in [0.05, 0.1) is 5.69 Å². The SMILES string of the molecule is CC(C)(C)OC(=O)N1CC(C=Cc2ccc3cccnc3n2)C1. The molecule has 1 saturated heterocycles. The Morgan fingerprint density at radius 2 is 2.09 bits per heavy atom. The summed E-state index contributed by atoms with van der Waals surface area (Å²) < 4.78 is 5.34. The average molecular weight is 311 g/mol. The highest BCUT2D eigenvalue weighted by molar-refractivity contribution is 5.75. The van der Waals surface area contributed by atoms with Gasteiger partial charge in [-0.15, -0.1) is 0 Å². The fourth-order valence-corrected chi connectivity index (χ4v) is 2.41. The summed E-state index contributed by atoms with van der Waals surface area (Å²) >= 11 is 0. The lowest BCUT2D eigenvalue weighted by Crippen LogP contribution is -2.50. The van der Waals surface area contributed by atoms with Crippen LogP contribution in [0.1, 0.15) is 26.5 Å². The minimum Gasteiger partial charge on any atom is -0.444 e. The van der Waals surface area contributed by atoms with E-state index >= 15 is 0 Å². The summed E-state index contributed by atoms with van der Waals surface area (Å²) in [5.41, 5.74) is 1.19. The van der Waals surface area contributed by atoms with Crippen LogP contribution < -0.4 is 0 Å². The zero-order chi connectivity index (χ0) is 16.4. The van der Waals surface area contributed by atoms with Gasteiger partial charge in [-0.25, -0.2) is 14.8 Å². The maximum absolute atomic E-state index is 11.9. The summed E-state index contributed by atoms with van der Waals surface area (Å²) in [5.74, 6) is 0.351. The zero-order valence-electron chi connectivity index (χ0n) is 13.7. The van der Waals surface area contributed by atoms with E-state index in [0.29, 0.717) is 19.0 Å². The third-order valence-corrected chi connectivity index (χ3v) is 3.59. The van der Waals surface area contributed by atoms with Crippen molar-refractivity contribution in [1.29, 1.82) is 0 Å². The van der Waals surface area contributed by atoms with Crippen LogP contribution in [-0.4, -0.2) is 39.7 Å². The molecule has 2 aromatic rings. The van der Waals surface area contributed by atoms with Gasteiger partial charge in [0.2, 0.25) is 0 Å². The standard InChI is InChI=1S/C18H21N3O2/c1-18(2,3)23-17(22)21-11-13(12-21)6-8-15-9-7-14-5-4-10-19-16(14)20-15/h4-10,13H,11-12H2,1-3H3. The Hall–Kier alpha value is -2.43. The quantitative estimate of drug-likeness (QED) is 0.851. The second-order valence-corrected chi connectivity index (χ2v) is 6.79. The van der Waals surface area contributed by atoms with Crippen LogP contribution in [0.5, 0.6) is 0 Å². The molecule has 0 aromatic carbocycles. The summed E-state index contributed by atoms with van der Waals surface area (Å²) in [7, 11) is 0. The Morgan fingerprint density at radius 3 is 2.83 bits per heavy atom. The van der Waals surface area contributed by atoms with Gasteiger partial charge in [0.25, 0.3) is 0 Å². The fourth-order valence-electron chi connectivity index (χ4n) is 2.41. The van der Waals surface area contributed by atoms with Crippen LogP contribution in [0.2, 0.25) is 0 Å². The number of ether oxygens (including phenoxy) is 1. The number of aromatic nitrogens is 2. The van der Waals surface area contributed by atoms with E-state index < -0.39 is 5.60 Å². The predicted octanol–water partition coefficient (Wildman–Crippen LogP) is 3.51. The molecule has 3 rings (SSSR count). The Labute approximate surface area is 136 Å². The molecule has 23 heavy (non-hydrogen) atoms. The van der Waals surface area contributed by atoms with E-state index in [0.717, 1.165) is 16.7 Å². The molecule has 120 valence electrons. The van der Waals surface area contributed by atoms with Crippen molar-refractivity contribution in [3.63, 3.8) is 0 Å². The topological polar surface area (TPSA) is 55.3 Å². The largest absolute Gasteiger partial charge is 0.444 e. The Kier molecular flexibility index (Phi) is 4.03. The van der Waals surface area contributed by atoms with Crippen LogP contribution in [0.15, 0.2) is 36.5 Å². The van der Waals surface area contributed by atoms with Gasteiger partial charge in [0.15, 0.2) is 5.65 Å². The second-order valence-electron chi connectivity index (χ2n) is 6.79. The molecule has 0 bridgehead atoms. The van der Waals surface area contributed by atoms with E-state index in [2.05, 4.69) is 16.0 Å². The van der Waals surface area contributed by atoms with Crippen LogP contribution >= 0.6 is 0 Å². The fraction of sp³-hybridized carbons (Fsp3) is 0.389. The van der Waals surface area contributed by atoms with Gasteiger partial charge in [-0.05, 0) is 51.1 Å². The van der Waals surface area contributed by atoms with Crippen molar-refractivity contribution < 1.29 is 9.53 Å². The maximum Gasteiger partial charge on any atom is 0.410 e. The summed E-state index contributed by atoms with van der Waals surface area (Å²) in [6.07, 6.45) is 5.59. The molecular weight excluding hydrogens is 290 g/mol. The molecule has 1 fully saturated rings. The van der Waals surface area contributed by atoms with Gasteiger partial charge >= 0.3 is 6.09 Å². The third-order valence-electron chi connectivity index (χ3n) is 3.59. The minimum atomic E-state index is -0.444. The smallest absolute Gasteiger partial charge is 0.410 e. The average Bonchev–Trinajstić information content (AvgIpc) is 2.43. The molecule has 1 aliphatic rings. The van der Waals surface area contributed by atoms with Gasteiger partial charge in [0.1, 0.15) is 5.60 Å². The van der Waals surface area contributed by atoms with Crippen LogP contribution in [0.4, 0.5) is 4.79 Å². The van der Waals surface area contributed by atoms with E-state index in [9.17, 15) is 4.79 Å². The van der Waals surface area contributed by atoms with Crippen molar-refractivity contribution in [1.82, 2.24) is 14.9 Å². The molecule has 3 heterocycles. The van der Waals surface area contributed by atoms with Gasteiger partial charge in [-0.2, -0.15) is 0 Å². The lowest BCUT2D eigenvalue weighted by molar-refractivity contribution is 0.00500. The second kappa shape index (κ2) is 5.99. The van der Waals surface area contributed by atoms with Crippen LogP contribution in [0, 0.1) is 5.92 Å². The number of hydrogen-bond donors (Lipinski definition) is 0. The van der Waals surface area contributed by atoms with Crippen molar-refractivity contribution >= 4 is 23.2 Å². The maximum atomic E-state index is 11.9. The first-order chi connectivity index (χ1) is 10.9. The molecule has 0 N–H and O–H groups in total. The lowest BCUT2D eigenvalue weighted by atomic mass is 10.00. The van der Waals surface area contributed by atoms with Crippen molar-refractivity contribution in [3.05, 3.63) is 42.2 Å². The van der Waals surface area contributed by atoms with E-state index in [1.54, 1.807) is 11.1 Å². The number of carbonyl (C=O) groups is 1. The van der Waals surface area contributed by atoms with Crippen molar-refractivity contribution in [2.75, 3.05) is 13.1 Å². The highest BCUT2D eigenvalue weighted by Gasteiger charge is 2.32. The predicted molar refractivity (Wildman–Crippen MR) is 89.9 cm³/mol. The number of rotatable bonds is 2. The van der Waals surface area contributed by atoms with Gasteiger partial charge in [-0.1, -0.05) is 6.08 Å². The number of hydrogen-bond acceptors (Lipinski definition) is 4. The highest BCUT2D eigenvalue weighted by atomic mass is 16.6. The van der Waals surface area contributed by atoms with Crippen LogP contribution in [0.3, 0.4) is 0 Å². The van der Waals surface area contributed by atoms with Gasteiger partial charge in [0, 0.05) is 30.6 Å². The van der Waals surface area contributed by atoms with Crippen molar-refractivity contribution in [2.45, 2.75) is 26.4 Å². The molecule has 0 radical (unpaired) electrons. The first kappa shape index (κ1) is 15.5. The first-order valence-electron chi connectivity index (χ1n) is 7.79. The Morgan fingerprint density at radius 1 is 1.30 bits per heavy atom. The summed E-state index contributed by atoms with van der Waals surface area (Å²) in [6.45, 7) is 7.01. The van der Waals surface area contributed by atoms with Crippen molar-refractivity contribution in [3.8, 4) is 0 Å². The summed E-state index contributed by atoms with van der Waals surface area (Å²) in [5, 5.41) is 1.03. The number of pyridine rings is 2. The number of amides is 1. The first-order valence-corrected chi connectivity index (χ1v) is 7.79. The van der Waals surface area contributed by atoms with Crippen LogP contribution in [-0.2, 0) is 4.74 Å². The number of fused-ring (bicyclic) bond motifs is 1. The molecule has 0 saturated carbocycles. The van der Waals surface area contributed by atoms with E-state index in [1.165, 1.54) is 0 Å². The Balaban J connectivity index is 1.56. The highest BCUT2D eigenvalue weighted by Crippen LogP contribution is 2.21. The molecule has 5 heteroatoms. The van der Waals surface area contributed by atoms with E-state index in [4.69, 9.17) is 4.74 Å². The normalized spacial score (nSPS) is 15.9. The molecule has 0 unspecified atom stereocenters. The lowest BCUT2D eigenvalue weighted by Gasteiger charge is -2.38. The zero-order valence-corrected chi connectivity index (χ0v) is 13.7. The monoisotopic (exact) mass is 311 g/mol. The summed E-state index contributed by atoms with van der Waals surface area (Å²) in [6, 6.07) is 7.89. The van der Waals surface area contributed by atoms with Crippen LogP contribution in [0.25, 0.3) is 17.1 Å². The molecule has 0 spiro atoms. The number of nitrogens with zero attached hydrogens (tertiary/aromatic N) is 3. The molecule has 1 aliphatic heterocycles. The van der Waals surface area contributed by atoms with E-state index in [-0.39, 0.29) is 6.09 Å². The third kappa shape index (κ3) is 3.86. The van der Waals surface area contributed by atoms with Gasteiger partial charge < -0.3 is 9.64 Å².